The van der Waals surface area contributed by atoms with Crippen molar-refractivity contribution in [3.05, 3.63) is 34.9 Å². The second-order valence-corrected chi connectivity index (χ2v) is 7.67. The maximum atomic E-state index is 13.2. The molecule has 142 valence electrons. The fourth-order valence-electron chi connectivity index (χ4n) is 4.16. The molecule has 1 aliphatic carbocycles. The summed E-state index contributed by atoms with van der Waals surface area (Å²) in [5.41, 5.74) is 0.548. The van der Waals surface area contributed by atoms with E-state index in [1.165, 1.54) is 0 Å². The van der Waals surface area contributed by atoms with Gasteiger partial charge in [-0.3, -0.25) is 4.79 Å². The van der Waals surface area contributed by atoms with E-state index < -0.39 is 5.41 Å². The Hall–Kier alpha value is -1.75. The lowest BCUT2D eigenvalue weighted by Crippen LogP contribution is -2.51. The van der Waals surface area contributed by atoms with Gasteiger partial charge in [0.05, 0.1) is 12.0 Å². The topological polar surface area (TPSA) is 58.6 Å². The van der Waals surface area contributed by atoms with E-state index >= 15 is 0 Å². The number of halogens is 1. The summed E-state index contributed by atoms with van der Waals surface area (Å²) in [7, 11) is 0. The molecule has 1 N–H and O–H groups in total. The predicted molar refractivity (Wildman–Crippen MR) is 101 cm³/mol. The highest BCUT2D eigenvalue weighted by molar-refractivity contribution is 6.30. The molecule has 0 atom stereocenters. The van der Waals surface area contributed by atoms with Crippen LogP contribution in [-0.4, -0.2) is 42.6 Å². The normalized spacial score (nSPS) is 20.0. The molecule has 26 heavy (non-hydrogen) atoms. The number of hydrogen-bond donors (Lipinski definition) is 1. The summed E-state index contributed by atoms with van der Waals surface area (Å²) in [6, 6.07) is 7.81. The van der Waals surface area contributed by atoms with Crippen LogP contribution in [0.25, 0.3) is 0 Å². The van der Waals surface area contributed by atoms with Crippen LogP contribution in [0.1, 0.15) is 51.0 Å². The highest BCUT2D eigenvalue weighted by Gasteiger charge is 2.43. The van der Waals surface area contributed by atoms with Gasteiger partial charge in [0, 0.05) is 24.2 Å². The van der Waals surface area contributed by atoms with Gasteiger partial charge < -0.3 is 15.0 Å². The average molecular weight is 379 g/mol. The molecule has 0 unspecified atom stereocenters. The van der Waals surface area contributed by atoms with Crippen LogP contribution in [0.3, 0.4) is 0 Å². The molecule has 0 radical (unpaired) electrons. The van der Waals surface area contributed by atoms with E-state index in [4.69, 9.17) is 16.3 Å². The lowest BCUT2D eigenvalue weighted by atomic mass is 9.77. The van der Waals surface area contributed by atoms with E-state index in [0.717, 1.165) is 44.1 Å². The lowest BCUT2D eigenvalue weighted by molar-refractivity contribution is -0.127. The maximum Gasteiger partial charge on any atom is 0.409 e. The molecular formula is C20H27ClN2O3. The van der Waals surface area contributed by atoms with E-state index in [1.54, 1.807) is 4.90 Å². The minimum atomic E-state index is -0.469. The first-order valence-electron chi connectivity index (χ1n) is 9.54. The van der Waals surface area contributed by atoms with Gasteiger partial charge in [-0.25, -0.2) is 4.79 Å². The molecule has 0 spiro atoms. The first-order chi connectivity index (χ1) is 12.5. The van der Waals surface area contributed by atoms with Crippen LogP contribution in [0, 0.1) is 0 Å². The minimum Gasteiger partial charge on any atom is -0.450 e. The van der Waals surface area contributed by atoms with Crippen molar-refractivity contribution in [1.82, 2.24) is 10.2 Å². The SMILES string of the molecule is CCOC(=O)N1CCC(NC(=O)C2(c3cccc(Cl)c3)CCCC2)CC1. The van der Waals surface area contributed by atoms with Crippen LogP contribution in [0.15, 0.2) is 24.3 Å². The zero-order valence-electron chi connectivity index (χ0n) is 15.3. The number of carbonyl (C=O) groups is 2. The van der Waals surface area contributed by atoms with Gasteiger partial charge in [0.1, 0.15) is 0 Å². The molecule has 1 heterocycles. The number of nitrogens with one attached hydrogen (secondary N) is 1. The smallest absolute Gasteiger partial charge is 0.409 e. The van der Waals surface area contributed by atoms with Gasteiger partial charge >= 0.3 is 6.09 Å². The molecule has 0 aromatic heterocycles. The third kappa shape index (κ3) is 3.98. The molecule has 6 heteroatoms. The van der Waals surface area contributed by atoms with Crippen LogP contribution in [-0.2, 0) is 14.9 Å². The van der Waals surface area contributed by atoms with Crippen LogP contribution >= 0.6 is 11.6 Å². The molecule has 1 aromatic carbocycles. The first-order valence-corrected chi connectivity index (χ1v) is 9.91. The number of piperidine rings is 1. The summed E-state index contributed by atoms with van der Waals surface area (Å²) in [4.78, 5) is 26.7. The van der Waals surface area contributed by atoms with Crippen LogP contribution in [0.5, 0.6) is 0 Å². The lowest BCUT2D eigenvalue weighted by Gasteiger charge is -2.35. The molecule has 5 nitrogen and oxygen atoms in total. The average Bonchev–Trinajstić information content (AvgIpc) is 3.14. The van der Waals surface area contributed by atoms with Crippen molar-refractivity contribution < 1.29 is 14.3 Å². The number of likely N-dealkylation sites (tertiary alicyclic amines) is 1. The van der Waals surface area contributed by atoms with Crippen molar-refractivity contribution in [3.63, 3.8) is 0 Å². The van der Waals surface area contributed by atoms with Gasteiger partial charge in [0.2, 0.25) is 5.91 Å². The molecule has 3 rings (SSSR count). The molecule has 1 aromatic rings. The first kappa shape index (κ1) is 19.0. The zero-order chi connectivity index (χ0) is 18.6. The Morgan fingerprint density at radius 3 is 2.58 bits per heavy atom. The minimum absolute atomic E-state index is 0.102. The van der Waals surface area contributed by atoms with Crippen LogP contribution < -0.4 is 5.32 Å². The van der Waals surface area contributed by atoms with Crippen molar-refractivity contribution in [1.29, 1.82) is 0 Å². The molecule has 1 saturated heterocycles. The summed E-state index contributed by atoms with van der Waals surface area (Å²) in [5, 5.41) is 3.92. The van der Waals surface area contributed by atoms with E-state index in [1.807, 2.05) is 31.2 Å². The molecule has 1 aliphatic heterocycles. The number of ether oxygens (including phenoxy) is 1. The highest BCUT2D eigenvalue weighted by atomic mass is 35.5. The van der Waals surface area contributed by atoms with Crippen LogP contribution in [0.4, 0.5) is 4.79 Å². The van der Waals surface area contributed by atoms with E-state index in [2.05, 4.69) is 5.32 Å². The second-order valence-electron chi connectivity index (χ2n) is 7.23. The monoisotopic (exact) mass is 378 g/mol. The standard InChI is InChI=1S/C20H27ClN2O3/c1-2-26-19(25)23-12-8-17(9-13-23)22-18(24)20(10-3-4-11-20)15-6-5-7-16(21)14-15/h5-7,14,17H,2-4,8-13H2,1H3,(H,22,24). The molecular weight excluding hydrogens is 352 g/mol. The number of rotatable bonds is 4. The van der Waals surface area contributed by atoms with E-state index in [9.17, 15) is 9.59 Å². The van der Waals surface area contributed by atoms with E-state index in [0.29, 0.717) is 24.7 Å². The summed E-state index contributed by atoms with van der Waals surface area (Å²) in [5.74, 6) is 0.104. The van der Waals surface area contributed by atoms with Crippen molar-refractivity contribution in [2.75, 3.05) is 19.7 Å². The van der Waals surface area contributed by atoms with Gasteiger partial charge in [-0.15, -0.1) is 0 Å². The number of benzene rings is 1. The maximum absolute atomic E-state index is 13.2. The highest BCUT2D eigenvalue weighted by Crippen LogP contribution is 2.42. The second kappa shape index (κ2) is 8.30. The van der Waals surface area contributed by atoms with E-state index in [-0.39, 0.29) is 18.0 Å². The van der Waals surface area contributed by atoms with Gasteiger partial charge in [0.25, 0.3) is 0 Å². The number of amides is 2. The Balaban J connectivity index is 1.64. The fourth-order valence-corrected chi connectivity index (χ4v) is 4.35. The molecule has 2 fully saturated rings. The molecule has 1 saturated carbocycles. The fraction of sp³-hybridized carbons (Fsp3) is 0.600. The Bertz CT molecular complexity index is 650. The van der Waals surface area contributed by atoms with Crippen molar-refractivity contribution in [3.8, 4) is 0 Å². The van der Waals surface area contributed by atoms with Crippen molar-refractivity contribution in [2.45, 2.75) is 56.9 Å². The van der Waals surface area contributed by atoms with Gasteiger partial charge in [0.15, 0.2) is 0 Å². The largest absolute Gasteiger partial charge is 0.450 e. The summed E-state index contributed by atoms with van der Waals surface area (Å²) >= 11 is 6.17. The number of nitrogens with zero attached hydrogens (tertiary/aromatic N) is 1. The van der Waals surface area contributed by atoms with Crippen LogP contribution in [0.2, 0.25) is 5.02 Å². The Morgan fingerprint density at radius 2 is 1.96 bits per heavy atom. The number of hydrogen-bond acceptors (Lipinski definition) is 3. The zero-order valence-corrected chi connectivity index (χ0v) is 16.1. The Kier molecular flexibility index (Phi) is 6.07. The number of carbonyl (C=O) groups excluding carboxylic acids is 2. The quantitative estimate of drug-likeness (QED) is 0.864. The summed E-state index contributed by atoms with van der Waals surface area (Å²) < 4.78 is 5.05. The predicted octanol–water partition coefficient (Wildman–Crippen LogP) is 3.89. The third-order valence-corrected chi connectivity index (χ3v) is 5.86. The Morgan fingerprint density at radius 1 is 1.27 bits per heavy atom. The van der Waals surface area contributed by atoms with Gasteiger partial charge in [-0.2, -0.15) is 0 Å². The third-order valence-electron chi connectivity index (χ3n) is 5.63. The Labute approximate surface area is 160 Å². The van der Waals surface area contributed by atoms with Crippen molar-refractivity contribution >= 4 is 23.6 Å². The van der Waals surface area contributed by atoms with Gasteiger partial charge in [-0.05, 0) is 50.3 Å². The van der Waals surface area contributed by atoms with Crippen molar-refractivity contribution in [2.24, 2.45) is 0 Å². The molecule has 2 aliphatic rings. The summed E-state index contributed by atoms with van der Waals surface area (Å²) in [6.07, 6.45) is 5.10. The van der Waals surface area contributed by atoms with Gasteiger partial charge in [-0.1, -0.05) is 36.6 Å². The summed E-state index contributed by atoms with van der Waals surface area (Å²) in [6.45, 7) is 3.43. The molecule has 0 bridgehead atoms. The molecule has 2 amide bonds.